The smallest absolute Gasteiger partial charge is 0.229 e. The fraction of sp³-hybridized carbons (Fsp3) is 0.267. The van der Waals surface area contributed by atoms with Crippen LogP contribution in [0.2, 0.25) is 0 Å². The first-order valence-electron chi connectivity index (χ1n) is 6.94. The number of hydrogen-bond donors (Lipinski definition) is 1. The topological polar surface area (TPSA) is 78.3 Å². The van der Waals surface area contributed by atoms with Crippen LogP contribution in [0.3, 0.4) is 0 Å². The molecule has 2 aromatic rings. The molecule has 0 aliphatic carbocycles. The third-order valence-electron chi connectivity index (χ3n) is 3.48. The summed E-state index contributed by atoms with van der Waals surface area (Å²) in [6, 6.07) is 3.61. The molecule has 1 aromatic heterocycles. The van der Waals surface area contributed by atoms with Crippen molar-refractivity contribution in [3.8, 4) is 11.5 Å². The van der Waals surface area contributed by atoms with Gasteiger partial charge in [-0.05, 0) is 40.3 Å². The molecule has 0 fully saturated rings. The molecule has 1 amide bonds. The highest BCUT2D eigenvalue weighted by molar-refractivity contribution is 14.1. The lowest BCUT2D eigenvalue weighted by Crippen LogP contribution is -2.29. The van der Waals surface area contributed by atoms with E-state index in [1.165, 1.54) is 6.33 Å². The lowest BCUT2D eigenvalue weighted by Gasteiger charge is -2.24. The average molecular weight is 426 g/mol. The maximum Gasteiger partial charge on any atom is 0.229 e. The van der Waals surface area contributed by atoms with Gasteiger partial charge in [0, 0.05) is 0 Å². The molecule has 8 heteroatoms. The summed E-state index contributed by atoms with van der Waals surface area (Å²) >= 11 is 2.19. The zero-order valence-electron chi connectivity index (χ0n) is 12.5. The summed E-state index contributed by atoms with van der Waals surface area (Å²) in [6.07, 6.45) is 3.40. The number of amides is 1. The first kappa shape index (κ1) is 15.8. The van der Waals surface area contributed by atoms with E-state index in [-0.39, 0.29) is 11.9 Å². The number of ether oxygens (including phenoxy) is 2. The van der Waals surface area contributed by atoms with E-state index >= 15 is 0 Å². The van der Waals surface area contributed by atoms with Crippen LogP contribution in [-0.2, 0) is 4.79 Å². The third kappa shape index (κ3) is 3.03. The van der Waals surface area contributed by atoms with Gasteiger partial charge in [-0.1, -0.05) is 12.7 Å². The number of anilines is 1. The number of carbonyl (C=O) groups excluding carboxylic acids is 1. The SMILES string of the molecule is C=CCOc1c(I)cc([C@H]2CC(=O)Nc3ncnn32)cc1OC. The lowest BCUT2D eigenvalue weighted by atomic mass is 10.0. The Morgan fingerprint density at radius 2 is 2.39 bits per heavy atom. The van der Waals surface area contributed by atoms with Gasteiger partial charge in [0.15, 0.2) is 11.5 Å². The van der Waals surface area contributed by atoms with Crippen LogP contribution in [0.1, 0.15) is 18.0 Å². The van der Waals surface area contributed by atoms with Crippen molar-refractivity contribution in [1.29, 1.82) is 0 Å². The molecule has 1 aliphatic heterocycles. The van der Waals surface area contributed by atoms with E-state index in [9.17, 15) is 4.79 Å². The number of fused-ring (bicyclic) bond motifs is 1. The van der Waals surface area contributed by atoms with Gasteiger partial charge in [0.2, 0.25) is 11.9 Å². The highest BCUT2D eigenvalue weighted by atomic mass is 127. The van der Waals surface area contributed by atoms with Gasteiger partial charge in [-0.25, -0.2) is 4.68 Å². The number of nitrogens with one attached hydrogen (secondary N) is 1. The Kier molecular flexibility index (Phi) is 4.51. The first-order chi connectivity index (χ1) is 11.1. The maximum atomic E-state index is 11.9. The minimum atomic E-state index is -0.225. The summed E-state index contributed by atoms with van der Waals surface area (Å²) < 4.78 is 13.7. The van der Waals surface area contributed by atoms with Crippen LogP contribution in [0, 0.1) is 3.57 Å². The van der Waals surface area contributed by atoms with E-state index in [0.717, 1.165) is 9.13 Å². The molecular weight excluding hydrogens is 411 g/mol. The molecule has 0 saturated heterocycles. The summed E-state index contributed by atoms with van der Waals surface area (Å²) in [6.45, 7) is 4.04. The quantitative estimate of drug-likeness (QED) is 0.587. The van der Waals surface area contributed by atoms with E-state index in [0.29, 0.717) is 30.5 Å². The van der Waals surface area contributed by atoms with Crippen LogP contribution >= 0.6 is 22.6 Å². The Morgan fingerprint density at radius 1 is 1.57 bits per heavy atom. The number of halogens is 1. The molecule has 0 bridgehead atoms. The second-order valence-corrected chi connectivity index (χ2v) is 6.09. The van der Waals surface area contributed by atoms with Crippen LogP contribution in [0.4, 0.5) is 5.95 Å². The minimum absolute atomic E-state index is 0.0866. The molecule has 0 radical (unpaired) electrons. The second-order valence-electron chi connectivity index (χ2n) is 4.93. The Balaban J connectivity index is 2.03. The predicted octanol–water partition coefficient (Wildman–Crippen LogP) is 2.39. The largest absolute Gasteiger partial charge is 0.493 e. The summed E-state index contributed by atoms with van der Waals surface area (Å²) in [5.74, 6) is 1.64. The molecule has 1 atom stereocenters. The Hall–Kier alpha value is -2.10. The lowest BCUT2D eigenvalue weighted by molar-refractivity contribution is -0.117. The highest BCUT2D eigenvalue weighted by Gasteiger charge is 2.29. The van der Waals surface area contributed by atoms with Gasteiger partial charge in [-0.3, -0.25) is 10.1 Å². The van der Waals surface area contributed by atoms with E-state index in [2.05, 4.69) is 44.6 Å². The number of benzene rings is 1. The van der Waals surface area contributed by atoms with Gasteiger partial charge >= 0.3 is 0 Å². The zero-order chi connectivity index (χ0) is 16.4. The van der Waals surface area contributed by atoms with Gasteiger partial charge in [0.05, 0.1) is 23.1 Å². The molecule has 2 heterocycles. The van der Waals surface area contributed by atoms with Crippen molar-refractivity contribution < 1.29 is 14.3 Å². The normalized spacial score (nSPS) is 16.4. The van der Waals surface area contributed by atoms with Crippen molar-refractivity contribution in [2.45, 2.75) is 12.5 Å². The van der Waals surface area contributed by atoms with Crippen LogP contribution in [0.15, 0.2) is 31.1 Å². The molecule has 1 aliphatic rings. The molecule has 120 valence electrons. The zero-order valence-corrected chi connectivity index (χ0v) is 14.6. The maximum absolute atomic E-state index is 11.9. The number of aromatic nitrogens is 3. The highest BCUT2D eigenvalue weighted by Crippen LogP contribution is 2.38. The summed E-state index contributed by atoms with van der Waals surface area (Å²) in [5, 5.41) is 6.91. The summed E-state index contributed by atoms with van der Waals surface area (Å²) in [5.41, 5.74) is 0.916. The average Bonchev–Trinajstić information content (AvgIpc) is 3.00. The monoisotopic (exact) mass is 426 g/mol. The number of rotatable bonds is 5. The number of carbonyl (C=O) groups is 1. The van der Waals surface area contributed by atoms with Crippen molar-refractivity contribution >= 4 is 34.4 Å². The minimum Gasteiger partial charge on any atom is -0.493 e. The Morgan fingerprint density at radius 3 is 3.13 bits per heavy atom. The van der Waals surface area contributed by atoms with Crippen molar-refractivity contribution in [1.82, 2.24) is 14.8 Å². The number of hydrogen-bond acceptors (Lipinski definition) is 5. The summed E-state index contributed by atoms with van der Waals surface area (Å²) in [7, 11) is 1.59. The fourth-order valence-electron chi connectivity index (χ4n) is 2.48. The van der Waals surface area contributed by atoms with Crippen molar-refractivity contribution in [3.05, 3.63) is 40.2 Å². The van der Waals surface area contributed by atoms with E-state index < -0.39 is 0 Å². The number of methoxy groups -OCH3 is 1. The van der Waals surface area contributed by atoms with Crippen molar-refractivity contribution in [3.63, 3.8) is 0 Å². The number of nitrogens with zero attached hydrogens (tertiary/aromatic N) is 3. The Labute approximate surface area is 146 Å². The van der Waals surface area contributed by atoms with Crippen molar-refractivity contribution in [2.24, 2.45) is 0 Å². The van der Waals surface area contributed by atoms with Gasteiger partial charge in [-0.2, -0.15) is 10.1 Å². The van der Waals surface area contributed by atoms with Crippen LogP contribution in [-0.4, -0.2) is 34.4 Å². The Bertz CT molecular complexity index is 759. The van der Waals surface area contributed by atoms with Gasteiger partial charge in [-0.15, -0.1) is 0 Å². The second kappa shape index (κ2) is 6.57. The molecule has 0 saturated carbocycles. The van der Waals surface area contributed by atoms with Gasteiger partial charge in [0.1, 0.15) is 12.9 Å². The molecule has 3 rings (SSSR count). The van der Waals surface area contributed by atoms with E-state index in [1.54, 1.807) is 17.9 Å². The molecular formula is C15H15IN4O3. The molecule has 1 aromatic carbocycles. The van der Waals surface area contributed by atoms with Crippen molar-refractivity contribution in [2.75, 3.05) is 19.0 Å². The predicted molar refractivity (Wildman–Crippen MR) is 92.8 cm³/mol. The van der Waals surface area contributed by atoms with Crippen LogP contribution in [0.5, 0.6) is 11.5 Å². The third-order valence-corrected chi connectivity index (χ3v) is 4.28. The van der Waals surface area contributed by atoms with Gasteiger partial charge < -0.3 is 9.47 Å². The van der Waals surface area contributed by atoms with Crippen LogP contribution < -0.4 is 14.8 Å². The molecule has 7 nitrogen and oxygen atoms in total. The van der Waals surface area contributed by atoms with Gasteiger partial charge in [0.25, 0.3) is 0 Å². The first-order valence-corrected chi connectivity index (χ1v) is 8.02. The fourth-order valence-corrected chi connectivity index (χ4v) is 3.26. The molecule has 1 N–H and O–H groups in total. The molecule has 23 heavy (non-hydrogen) atoms. The van der Waals surface area contributed by atoms with Crippen LogP contribution in [0.25, 0.3) is 0 Å². The standard InChI is InChI=1S/C15H15IN4O3/c1-3-4-23-14-10(16)5-9(6-12(14)22-2)11-7-13(21)19-15-17-8-18-20(11)15/h3,5-6,8,11H,1,4,7H2,2H3,(H,17,18,19,21)/t11-/m1/s1. The molecule has 0 spiro atoms. The van der Waals surface area contributed by atoms with E-state index in [1.807, 2.05) is 12.1 Å². The van der Waals surface area contributed by atoms with E-state index in [4.69, 9.17) is 9.47 Å². The summed E-state index contributed by atoms with van der Waals surface area (Å²) in [4.78, 5) is 16.0. The molecule has 0 unspecified atom stereocenters.